The molecule has 3 N–H and O–H groups in total. The number of rotatable bonds is 4. The van der Waals surface area contributed by atoms with Crippen molar-refractivity contribution in [3.05, 3.63) is 65.8 Å². The highest BCUT2D eigenvalue weighted by Crippen LogP contribution is 2.47. The van der Waals surface area contributed by atoms with Gasteiger partial charge in [0, 0.05) is 11.5 Å². The van der Waals surface area contributed by atoms with E-state index < -0.39 is 6.10 Å². The molecule has 0 aliphatic heterocycles. The molecule has 0 saturated carbocycles. The number of phenols is 2. The van der Waals surface area contributed by atoms with Crippen LogP contribution in [0, 0.1) is 5.92 Å². The number of ether oxygens (including phenoxy) is 1. The van der Waals surface area contributed by atoms with Crippen LogP contribution in [0.3, 0.4) is 0 Å². The summed E-state index contributed by atoms with van der Waals surface area (Å²) in [6, 6.07) is 10.8. The molecule has 3 rings (SSSR count). The first-order chi connectivity index (χ1) is 12.8. The Balaban J connectivity index is 2.08. The van der Waals surface area contributed by atoms with Gasteiger partial charge >= 0.3 is 0 Å². The first kappa shape index (κ1) is 19.1. The number of aliphatic hydroxyl groups is 1. The van der Waals surface area contributed by atoms with Crippen LogP contribution in [0.15, 0.2) is 60.2 Å². The van der Waals surface area contributed by atoms with E-state index in [1.165, 1.54) is 0 Å². The molecule has 1 aliphatic carbocycles. The van der Waals surface area contributed by atoms with Gasteiger partial charge in [-0.2, -0.15) is 0 Å². The summed E-state index contributed by atoms with van der Waals surface area (Å²) in [5.74, 6) is 0.486. The van der Waals surface area contributed by atoms with Gasteiger partial charge in [0.2, 0.25) is 0 Å². The lowest BCUT2D eigenvalue weighted by molar-refractivity contribution is 0.168. The molecule has 3 atom stereocenters. The second-order valence-corrected chi connectivity index (χ2v) is 7.30. The highest BCUT2D eigenvalue weighted by molar-refractivity contribution is 5.70. The Kier molecular flexibility index (Phi) is 5.29. The van der Waals surface area contributed by atoms with Gasteiger partial charge in [-0.1, -0.05) is 30.4 Å². The number of aliphatic hydroxyl groups excluding tert-OH is 1. The predicted octanol–water partition coefficient (Wildman–Crippen LogP) is 4.76. The third-order valence-electron chi connectivity index (χ3n) is 5.38. The van der Waals surface area contributed by atoms with E-state index in [4.69, 9.17) is 4.74 Å². The van der Waals surface area contributed by atoms with Gasteiger partial charge in [-0.05, 0) is 67.2 Å². The summed E-state index contributed by atoms with van der Waals surface area (Å²) in [7, 11) is 1.60. The fraction of sp³-hybridized carbons (Fsp3) is 0.304. The maximum absolute atomic E-state index is 10.8. The molecule has 2 aromatic rings. The van der Waals surface area contributed by atoms with Crippen molar-refractivity contribution in [1.29, 1.82) is 0 Å². The molecular weight excluding hydrogens is 340 g/mol. The van der Waals surface area contributed by atoms with Crippen LogP contribution >= 0.6 is 0 Å². The van der Waals surface area contributed by atoms with Gasteiger partial charge in [-0.25, -0.2) is 0 Å². The Morgan fingerprint density at radius 1 is 1.11 bits per heavy atom. The van der Waals surface area contributed by atoms with Crippen molar-refractivity contribution >= 4 is 0 Å². The number of aromatic hydroxyl groups is 2. The topological polar surface area (TPSA) is 69.9 Å². The molecule has 0 fully saturated rings. The Bertz CT molecular complexity index is 874. The van der Waals surface area contributed by atoms with Gasteiger partial charge in [0.1, 0.15) is 17.2 Å². The third-order valence-corrected chi connectivity index (χ3v) is 5.38. The maximum atomic E-state index is 10.8. The van der Waals surface area contributed by atoms with Crippen LogP contribution in [0.4, 0.5) is 0 Å². The fourth-order valence-corrected chi connectivity index (χ4v) is 3.81. The summed E-state index contributed by atoms with van der Waals surface area (Å²) < 4.78 is 5.25. The summed E-state index contributed by atoms with van der Waals surface area (Å²) in [5, 5.41) is 31.7. The molecule has 0 spiro atoms. The molecule has 0 radical (unpaired) electrons. The molecule has 4 heteroatoms. The number of hydrogen-bond donors (Lipinski definition) is 3. The zero-order valence-corrected chi connectivity index (χ0v) is 15.9. The number of phenolic OH excluding ortho intramolecular Hbond substituents is 2. The second-order valence-electron chi connectivity index (χ2n) is 7.30. The Morgan fingerprint density at radius 3 is 2.37 bits per heavy atom. The van der Waals surface area contributed by atoms with Gasteiger partial charge in [0.15, 0.2) is 0 Å². The maximum Gasteiger partial charge on any atom is 0.123 e. The van der Waals surface area contributed by atoms with Crippen molar-refractivity contribution in [3.63, 3.8) is 0 Å². The first-order valence-electron chi connectivity index (χ1n) is 9.04. The SMILES string of the molecule is C=C(C)[C@@H]1C[C@H](O)C(C)=C[C@H]1c1c(O)cc(-c2cccc(OC)c2)cc1O. The highest BCUT2D eigenvalue weighted by Gasteiger charge is 2.33. The summed E-state index contributed by atoms with van der Waals surface area (Å²) in [4.78, 5) is 0. The molecular formula is C23H26O4. The summed E-state index contributed by atoms with van der Waals surface area (Å²) in [6.45, 7) is 7.82. The van der Waals surface area contributed by atoms with E-state index >= 15 is 0 Å². The van der Waals surface area contributed by atoms with E-state index in [2.05, 4.69) is 6.58 Å². The largest absolute Gasteiger partial charge is 0.507 e. The zero-order valence-electron chi connectivity index (χ0n) is 15.9. The lowest BCUT2D eigenvalue weighted by Crippen LogP contribution is -2.26. The van der Waals surface area contributed by atoms with Crippen molar-refractivity contribution in [2.45, 2.75) is 32.3 Å². The van der Waals surface area contributed by atoms with Gasteiger partial charge in [-0.15, -0.1) is 0 Å². The fourth-order valence-electron chi connectivity index (χ4n) is 3.81. The summed E-state index contributed by atoms with van der Waals surface area (Å²) in [5.41, 5.74) is 3.78. The molecule has 0 amide bonds. The minimum atomic E-state index is -0.525. The number of allylic oxidation sites excluding steroid dienone is 2. The lowest BCUT2D eigenvalue weighted by atomic mass is 9.72. The van der Waals surface area contributed by atoms with Gasteiger partial charge < -0.3 is 20.1 Å². The summed E-state index contributed by atoms with van der Waals surface area (Å²) in [6.07, 6.45) is 1.93. The molecule has 0 heterocycles. The van der Waals surface area contributed by atoms with E-state index in [0.717, 1.165) is 16.7 Å². The Morgan fingerprint density at radius 2 is 1.78 bits per heavy atom. The average Bonchev–Trinajstić information content (AvgIpc) is 2.63. The molecule has 1 aliphatic rings. The van der Waals surface area contributed by atoms with Crippen molar-refractivity contribution in [2.24, 2.45) is 5.92 Å². The monoisotopic (exact) mass is 366 g/mol. The standard InChI is InChI=1S/C23H26O4/c1-13(2)18-12-20(24)14(3)8-19(18)23-21(25)10-16(11-22(23)26)15-6-5-7-17(9-15)27-4/h5-11,18-20,24-26H,1,12H2,2-4H3/t18-,19+,20-/m0/s1. The van der Waals surface area contributed by atoms with Crippen LogP contribution in [0.25, 0.3) is 11.1 Å². The zero-order chi connectivity index (χ0) is 19.7. The lowest BCUT2D eigenvalue weighted by Gasteiger charge is -2.34. The highest BCUT2D eigenvalue weighted by atomic mass is 16.5. The molecule has 4 nitrogen and oxygen atoms in total. The van der Waals surface area contributed by atoms with Gasteiger partial charge in [0.05, 0.1) is 13.2 Å². The third kappa shape index (κ3) is 3.71. The van der Waals surface area contributed by atoms with Crippen molar-refractivity contribution in [2.75, 3.05) is 7.11 Å². The van der Waals surface area contributed by atoms with Crippen molar-refractivity contribution in [3.8, 4) is 28.4 Å². The van der Waals surface area contributed by atoms with E-state index in [1.807, 2.05) is 44.2 Å². The van der Waals surface area contributed by atoms with Crippen LogP contribution in [-0.2, 0) is 0 Å². The molecule has 2 aromatic carbocycles. The Hall–Kier alpha value is -2.72. The number of hydrogen-bond acceptors (Lipinski definition) is 4. The van der Waals surface area contributed by atoms with Crippen LogP contribution in [0.5, 0.6) is 17.2 Å². The normalized spacial score (nSPS) is 22.2. The molecule has 142 valence electrons. The van der Waals surface area contributed by atoms with Crippen LogP contribution in [-0.4, -0.2) is 28.5 Å². The quantitative estimate of drug-likeness (QED) is 0.682. The van der Waals surface area contributed by atoms with Crippen LogP contribution < -0.4 is 4.74 Å². The smallest absolute Gasteiger partial charge is 0.123 e. The number of benzene rings is 2. The molecule has 0 saturated heterocycles. The van der Waals surface area contributed by atoms with Crippen molar-refractivity contribution < 1.29 is 20.1 Å². The predicted molar refractivity (Wildman–Crippen MR) is 107 cm³/mol. The summed E-state index contributed by atoms with van der Waals surface area (Å²) >= 11 is 0. The van der Waals surface area contributed by atoms with Crippen molar-refractivity contribution in [1.82, 2.24) is 0 Å². The first-order valence-corrected chi connectivity index (χ1v) is 9.04. The minimum Gasteiger partial charge on any atom is -0.507 e. The van der Waals surface area contributed by atoms with Gasteiger partial charge in [-0.3, -0.25) is 0 Å². The van der Waals surface area contributed by atoms with E-state index in [0.29, 0.717) is 23.3 Å². The van der Waals surface area contributed by atoms with Gasteiger partial charge in [0.25, 0.3) is 0 Å². The molecule has 27 heavy (non-hydrogen) atoms. The Labute approximate surface area is 160 Å². The number of methoxy groups -OCH3 is 1. The molecule has 0 unspecified atom stereocenters. The van der Waals surface area contributed by atoms with E-state index in [1.54, 1.807) is 19.2 Å². The molecule has 0 bridgehead atoms. The van der Waals surface area contributed by atoms with E-state index in [-0.39, 0.29) is 23.3 Å². The molecule has 0 aromatic heterocycles. The van der Waals surface area contributed by atoms with E-state index in [9.17, 15) is 15.3 Å². The average molecular weight is 366 g/mol. The minimum absolute atomic E-state index is 0.0320. The van der Waals surface area contributed by atoms with Crippen LogP contribution in [0.1, 0.15) is 31.7 Å². The van der Waals surface area contributed by atoms with Crippen LogP contribution in [0.2, 0.25) is 0 Å². The second kappa shape index (κ2) is 7.49.